The van der Waals surface area contributed by atoms with Crippen LogP contribution in [-0.4, -0.2) is 4.98 Å². The van der Waals surface area contributed by atoms with Gasteiger partial charge in [-0.2, -0.15) is 0 Å². The van der Waals surface area contributed by atoms with Crippen molar-refractivity contribution in [2.45, 2.75) is 20.5 Å². The Kier molecular flexibility index (Phi) is 3.38. The van der Waals surface area contributed by atoms with Gasteiger partial charge in [0.25, 0.3) is 0 Å². The molecule has 0 atom stereocenters. The first-order chi connectivity index (χ1) is 9.72. The average molecular weight is 263 g/mol. The highest BCUT2D eigenvalue weighted by Gasteiger charge is 2.02. The van der Waals surface area contributed by atoms with Crippen LogP contribution in [0.5, 0.6) is 5.75 Å². The quantitative estimate of drug-likeness (QED) is 0.697. The zero-order chi connectivity index (χ0) is 13.9. The Morgan fingerprint density at radius 1 is 1.00 bits per heavy atom. The van der Waals surface area contributed by atoms with Crippen molar-refractivity contribution in [1.82, 2.24) is 4.98 Å². The van der Waals surface area contributed by atoms with Crippen molar-refractivity contribution >= 4 is 10.9 Å². The summed E-state index contributed by atoms with van der Waals surface area (Å²) >= 11 is 0. The Balaban J connectivity index is 1.81. The normalized spacial score (nSPS) is 10.7. The molecule has 0 aliphatic rings. The van der Waals surface area contributed by atoms with E-state index in [1.807, 2.05) is 30.3 Å². The molecule has 0 unspecified atom stereocenters. The average Bonchev–Trinajstić information content (AvgIpc) is 2.48. The summed E-state index contributed by atoms with van der Waals surface area (Å²) < 4.78 is 5.87. The first-order valence-corrected chi connectivity index (χ1v) is 6.76. The fourth-order valence-corrected chi connectivity index (χ4v) is 2.25. The molecule has 100 valence electrons. The van der Waals surface area contributed by atoms with Gasteiger partial charge in [-0.15, -0.1) is 0 Å². The van der Waals surface area contributed by atoms with E-state index >= 15 is 0 Å². The van der Waals surface area contributed by atoms with Gasteiger partial charge in [0.15, 0.2) is 0 Å². The van der Waals surface area contributed by atoms with E-state index in [-0.39, 0.29) is 0 Å². The summed E-state index contributed by atoms with van der Waals surface area (Å²) in [6.07, 6.45) is 1.79. The highest BCUT2D eigenvalue weighted by Crippen LogP contribution is 2.20. The van der Waals surface area contributed by atoms with E-state index in [0.717, 1.165) is 16.7 Å². The van der Waals surface area contributed by atoms with Crippen molar-refractivity contribution in [3.63, 3.8) is 0 Å². The van der Waals surface area contributed by atoms with E-state index < -0.39 is 0 Å². The Labute approximate surface area is 119 Å². The van der Waals surface area contributed by atoms with Crippen LogP contribution in [0.1, 0.15) is 16.7 Å². The van der Waals surface area contributed by atoms with Gasteiger partial charge >= 0.3 is 0 Å². The summed E-state index contributed by atoms with van der Waals surface area (Å²) in [5.74, 6) is 0.810. The van der Waals surface area contributed by atoms with Crippen LogP contribution in [0.25, 0.3) is 10.9 Å². The highest BCUT2D eigenvalue weighted by molar-refractivity contribution is 5.79. The molecule has 3 aromatic rings. The summed E-state index contributed by atoms with van der Waals surface area (Å²) in [7, 11) is 0. The maximum atomic E-state index is 5.87. The molecular weight excluding hydrogens is 246 g/mol. The number of pyridine rings is 1. The van der Waals surface area contributed by atoms with E-state index in [1.54, 1.807) is 6.20 Å². The molecule has 0 N–H and O–H groups in total. The Morgan fingerprint density at radius 2 is 1.85 bits per heavy atom. The fraction of sp³-hybridized carbons (Fsp3) is 0.167. The number of nitrogens with zero attached hydrogens (tertiary/aromatic N) is 1. The Morgan fingerprint density at radius 3 is 2.75 bits per heavy atom. The molecule has 2 aromatic carbocycles. The molecule has 0 radical (unpaired) electrons. The number of fused-ring (bicyclic) bond motifs is 1. The van der Waals surface area contributed by atoms with Crippen molar-refractivity contribution in [3.8, 4) is 5.75 Å². The number of aromatic nitrogens is 1. The first-order valence-electron chi connectivity index (χ1n) is 6.76. The molecule has 2 nitrogen and oxygen atoms in total. The Bertz CT molecular complexity index is 749. The van der Waals surface area contributed by atoms with Crippen molar-refractivity contribution in [3.05, 3.63) is 71.4 Å². The molecule has 1 aromatic heterocycles. The number of rotatable bonds is 3. The lowest BCUT2D eigenvalue weighted by Crippen LogP contribution is -1.99. The predicted molar refractivity (Wildman–Crippen MR) is 82.0 cm³/mol. The number of hydrogen-bond acceptors (Lipinski definition) is 2. The topological polar surface area (TPSA) is 22.1 Å². The lowest BCUT2D eigenvalue weighted by molar-refractivity contribution is 0.304. The molecule has 2 heteroatoms. The SMILES string of the molecule is Cc1ccc(C)c(COc2cnc3ccccc3c2)c1. The lowest BCUT2D eigenvalue weighted by atomic mass is 10.1. The van der Waals surface area contributed by atoms with Crippen LogP contribution in [0.2, 0.25) is 0 Å². The van der Waals surface area contributed by atoms with Crippen LogP contribution >= 0.6 is 0 Å². The maximum absolute atomic E-state index is 5.87. The van der Waals surface area contributed by atoms with E-state index in [9.17, 15) is 0 Å². The van der Waals surface area contributed by atoms with Crippen LogP contribution in [0.4, 0.5) is 0 Å². The molecule has 0 bridgehead atoms. The zero-order valence-electron chi connectivity index (χ0n) is 11.8. The van der Waals surface area contributed by atoms with Crippen LogP contribution in [0.15, 0.2) is 54.7 Å². The van der Waals surface area contributed by atoms with Gasteiger partial charge in [0.05, 0.1) is 11.7 Å². The number of ether oxygens (including phenoxy) is 1. The molecule has 0 saturated carbocycles. The summed E-state index contributed by atoms with van der Waals surface area (Å²) in [5.41, 5.74) is 4.72. The van der Waals surface area contributed by atoms with Gasteiger partial charge in [-0.3, -0.25) is 4.98 Å². The van der Waals surface area contributed by atoms with Crippen molar-refractivity contribution < 1.29 is 4.74 Å². The van der Waals surface area contributed by atoms with E-state index in [2.05, 4.69) is 37.0 Å². The van der Waals surface area contributed by atoms with Gasteiger partial charge in [0, 0.05) is 5.39 Å². The van der Waals surface area contributed by atoms with Crippen molar-refractivity contribution in [1.29, 1.82) is 0 Å². The van der Waals surface area contributed by atoms with Crippen molar-refractivity contribution in [2.75, 3.05) is 0 Å². The van der Waals surface area contributed by atoms with Crippen LogP contribution < -0.4 is 4.74 Å². The minimum Gasteiger partial charge on any atom is -0.487 e. The van der Waals surface area contributed by atoms with E-state index in [0.29, 0.717) is 6.61 Å². The molecule has 0 spiro atoms. The third-order valence-electron chi connectivity index (χ3n) is 3.46. The minimum absolute atomic E-state index is 0.577. The van der Waals surface area contributed by atoms with Gasteiger partial charge in [-0.25, -0.2) is 0 Å². The number of aryl methyl sites for hydroxylation is 2. The van der Waals surface area contributed by atoms with Crippen molar-refractivity contribution in [2.24, 2.45) is 0 Å². The van der Waals surface area contributed by atoms with Crippen LogP contribution in [-0.2, 0) is 6.61 Å². The second kappa shape index (κ2) is 5.33. The van der Waals surface area contributed by atoms with Gasteiger partial charge < -0.3 is 4.74 Å². The standard InChI is InChI=1S/C18H17NO/c1-13-7-8-14(2)16(9-13)12-20-17-10-15-5-3-4-6-18(15)19-11-17/h3-11H,12H2,1-2H3. The zero-order valence-corrected chi connectivity index (χ0v) is 11.8. The van der Waals surface area contributed by atoms with Gasteiger partial charge in [-0.05, 0) is 37.1 Å². The minimum atomic E-state index is 0.577. The maximum Gasteiger partial charge on any atom is 0.138 e. The molecule has 3 rings (SSSR count). The number of hydrogen-bond donors (Lipinski definition) is 0. The van der Waals surface area contributed by atoms with Gasteiger partial charge in [0.1, 0.15) is 12.4 Å². The van der Waals surface area contributed by atoms with Gasteiger partial charge in [-0.1, -0.05) is 42.0 Å². The van der Waals surface area contributed by atoms with Gasteiger partial charge in [0.2, 0.25) is 0 Å². The third kappa shape index (κ3) is 2.64. The Hall–Kier alpha value is -2.35. The molecule has 0 saturated heterocycles. The second-order valence-electron chi connectivity index (χ2n) is 5.08. The van der Waals surface area contributed by atoms with E-state index in [1.165, 1.54) is 16.7 Å². The first kappa shape index (κ1) is 12.7. The lowest BCUT2D eigenvalue weighted by Gasteiger charge is -2.10. The number of benzene rings is 2. The molecular formula is C18H17NO. The number of para-hydroxylation sites is 1. The van der Waals surface area contributed by atoms with Crippen LogP contribution in [0, 0.1) is 13.8 Å². The fourth-order valence-electron chi connectivity index (χ4n) is 2.25. The highest BCUT2D eigenvalue weighted by atomic mass is 16.5. The summed E-state index contributed by atoms with van der Waals surface area (Å²) in [6.45, 7) is 4.78. The molecule has 0 aliphatic carbocycles. The largest absolute Gasteiger partial charge is 0.487 e. The monoisotopic (exact) mass is 263 g/mol. The van der Waals surface area contributed by atoms with Crippen LogP contribution in [0.3, 0.4) is 0 Å². The molecule has 0 amide bonds. The molecule has 20 heavy (non-hydrogen) atoms. The predicted octanol–water partition coefficient (Wildman–Crippen LogP) is 4.43. The molecule has 0 fully saturated rings. The smallest absolute Gasteiger partial charge is 0.138 e. The summed E-state index contributed by atoms with van der Waals surface area (Å²) in [6, 6.07) is 16.5. The molecule has 0 aliphatic heterocycles. The summed E-state index contributed by atoms with van der Waals surface area (Å²) in [4.78, 5) is 4.41. The summed E-state index contributed by atoms with van der Waals surface area (Å²) in [5, 5.41) is 1.10. The van der Waals surface area contributed by atoms with E-state index in [4.69, 9.17) is 4.74 Å². The second-order valence-corrected chi connectivity index (χ2v) is 5.08. The molecule has 1 heterocycles. The third-order valence-corrected chi connectivity index (χ3v) is 3.46.